The molecule has 9 rings (SSSR count). The lowest BCUT2D eigenvalue weighted by Crippen LogP contribution is -2.79. The molecule has 2 unspecified atom stereocenters. The smallest absolute Gasteiger partial charge is 0.206 e. The molecule has 0 saturated heterocycles. The molecule has 0 aromatic heterocycles. The van der Waals surface area contributed by atoms with Crippen molar-refractivity contribution in [3.8, 4) is 0 Å². The minimum absolute atomic E-state index is 0.447. The predicted molar refractivity (Wildman–Crippen MR) is 309 cm³/mol. The standard InChI is InChI=1S/C48H20BF24.C18H26F5P/c1-5-9-13-17(29(54)41(66)25(9)50)33(58)45(70)37(62)21(13)49(22-14-10(6-2)26(51)42(67)30(55)18(14)34(59)46(71)38(22)63,23-15-11(7-3)27(52)43(68)31(56)19(15)35(60)47(72)39(23)64)24-16-12(8-4)28(53)44(69)32(57)20(16)36(61)48(73)40(24)65;1-4-7-8-12(6-3)9-11-24(10-5-2)18-16(22)14(20)13(19)15(21)17(18)23/h5-8H2,1-4H3;12H,4-11H2,1-3H3/q-1;/p+1. The van der Waals surface area contributed by atoms with Crippen LogP contribution < -0.4 is 27.2 Å². The van der Waals surface area contributed by atoms with Gasteiger partial charge in [0.2, 0.25) is 29.1 Å². The number of rotatable bonds is 18. The van der Waals surface area contributed by atoms with Gasteiger partial charge in [-0.25, -0.2) is 119 Å². The summed E-state index contributed by atoms with van der Waals surface area (Å²) in [5, 5.41) is -20.5. The number of fused-ring (bicyclic) bond motifs is 4. The van der Waals surface area contributed by atoms with Crippen LogP contribution in [0.3, 0.4) is 0 Å². The highest BCUT2D eigenvalue weighted by Crippen LogP contribution is 2.45. The minimum Gasteiger partial charge on any atom is -0.207 e. The monoisotopic (exact) mass is 1430 g/mol. The number of hydrogen-bond donors (Lipinski definition) is 0. The van der Waals surface area contributed by atoms with Crippen LogP contribution in [0.2, 0.25) is 0 Å². The molecule has 0 radical (unpaired) electrons. The van der Waals surface area contributed by atoms with E-state index in [1.807, 2.05) is 6.92 Å². The Morgan fingerprint density at radius 3 is 0.680 bits per heavy atom. The van der Waals surface area contributed by atoms with Crippen molar-refractivity contribution in [2.75, 3.05) is 12.3 Å². The van der Waals surface area contributed by atoms with E-state index in [0.29, 0.717) is 52.4 Å². The molecule has 0 saturated carbocycles. The van der Waals surface area contributed by atoms with Crippen molar-refractivity contribution in [2.45, 2.75) is 113 Å². The zero-order valence-electron chi connectivity index (χ0n) is 51.1. The van der Waals surface area contributed by atoms with E-state index < -0.39 is 301 Å². The van der Waals surface area contributed by atoms with Gasteiger partial charge in [0.25, 0.3) is 0 Å². The van der Waals surface area contributed by atoms with Gasteiger partial charge in [-0.3, -0.25) is 0 Å². The first kappa shape index (κ1) is 75.3. The number of hydrogen-bond acceptors (Lipinski definition) is 0. The van der Waals surface area contributed by atoms with Crippen molar-refractivity contribution in [1.29, 1.82) is 0 Å². The fraction of sp³-hybridized carbons (Fsp3) is 0.303. The van der Waals surface area contributed by atoms with Crippen LogP contribution in [-0.4, -0.2) is 18.5 Å². The zero-order valence-corrected chi connectivity index (χ0v) is 52.1. The number of halogens is 29. The summed E-state index contributed by atoms with van der Waals surface area (Å²) in [5.41, 5.74) is -19.5. The summed E-state index contributed by atoms with van der Waals surface area (Å²) in [5.74, 6) is -83.3. The summed E-state index contributed by atoms with van der Waals surface area (Å²) >= 11 is 0. The number of unbranched alkanes of at least 4 members (excludes halogenated alkanes) is 1. The Labute approximate surface area is 532 Å². The fourth-order valence-corrected chi connectivity index (χ4v) is 16.4. The maximum Gasteiger partial charge on any atom is 0.206 e. The van der Waals surface area contributed by atoms with Crippen molar-refractivity contribution in [2.24, 2.45) is 5.92 Å². The molecule has 0 nitrogen and oxygen atoms in total. The molecular weight excluding hydrogens is 1390 g/mol. The Bertz CT molecular complexity index is 4200. The molecule has 0 aliphatic heterocycles. The van der Waals surface area contributed by atoms with Crippen LogP contribution >= 0.6 is 7.92 Å². The summed E-state index contributed by atoms with van der Waals surface area (Å²) in [6.45, 7) is 8.47. The van der Waals surface area contributed by atoms with Gasteiger partial charge in [0.15, 0.2) is 122 Å². The van der Waals surface area contributed by atoms with E-state index in [-0.39, 0.29) is 0 Å². The molecule has 0 fully saturated rings. The Balaban J connectivity index is 0.000000423. The molecule has 9 aromatic carbocycles. The average molecular weight is 1430 g/mol. The molecule has 9 aromatic rings. The first-order valence-electron chi connectivity index (χ1n) is 29.7. The van der Waals surface area contributed by atoms with E-state index in [4.69, 9.17) is 0 Å². The molecular formula is C66H47BF29P. The SMILES string of the molecule is CCCCC(CC)CC[PH+](CCC)c1c(F)c(F)c(F)c(F)c1F.CCc1c(F)c(F)c(F)c2c(F)c(F)c(F)c([B-](c3c(F)c(F)c(F)c4c(F)c(F)c(F)c(CC)c34)(c3c(F)c(F)c(F)c4c(F)c(F)c(F)c(CC)c34)c3c(F)c(F)c(F)c4c(F)c(F)c(F)c(CC)c34)c12. The van der Waals surface area contributed by atoms with E-state index >= 15 is 105 Å². The van der Waals surface area contributed by atoms with Crippen LogP contribution in [0.5, 0.6) is 0 Å². The van der Waals surface area contributed by atoms with Crippen LogP contribution in [-0.2, 0) is 25.7 Å². The van der Waals surface area contributed by atoms with Gasteiger partial charge in [-0.1, -0.05) is 74.1 Å². The Hall–Kier alpha value is -7.52. The van der Waals surface area contributed by atoms with E-state index in [2.05, 4.69) is 13.8 Å². The van der Waals surface area contributed by atoms with Crippen molar-refractivity contribution in [1.82, 2.24) is 0 Å². The molecule has 0 aliphatic carbocycles. The summed E-state index contributed by atoms with van der Waals surface area (Å²) in [6.07, 6.45) is -6.30. The number of benzene rings is 9. The highest BCUT2D eigenvalue weighted by atomic mass is 31.1. The molecule has 0 heterocycles. The van der Waals surface area contributed by atoms with E-state index in [1.54, 1.807) is 0 Å². The quantitative estimate of drug-likeness (QED) is 0.0264. The Morgan fingerprint density at radius 2 is 0.464 bits per heavy atom. The number of aryl methyl sites for hydroxylation is 4. The maximum atomic E-state index is 18.1. The van der Waals surface area contributed by atoms with E-state index in [1.165, 1.54) is 0 Å². The average Bonchev–Trinajstić information content (AvgIpc) is 0.661. The summed E-state index contributed by atoms with van der Waals surface area (Å²) in [6, 6.07) is 0. The highest BCUT2D eigenvalue weighted by Gasteiger charge is 2.51. The van der Waals surface area contributed by atoms with Gasteiger partial charge in [-0.05, 0) is 88.2 Å². The van der Waals surface area contributed by atoms with Gasteiger partial charge < -0.3 is 0 Å². The first-order valence-corrected chi connectivity index (χ1v) is 31.6. The van der Waals surface area contributed by atoms with Crippen molar-refractivity contribution in [3.05, 3.63) is 191 Å². The van der Waals surface area contributed by atoms with Crippen molar-refractivity contribution in [3.63, 3.8) is 0 Å². The van der Waals surface area contributed by atoms with Gasteiger partial charge in [-0.15, -0.1) is 21.9 Å². The fourth-order valence-electron chi connectivity index (χ4n) is 13.4. The lowest BCUT2D eigenvalue weighted by Gasteiger charge is -2.48. The normalized spacial score (nSPS) is 12.7. The molecule has 2 atom stereocenters. The minimum atomic E-state index is -7.12. The Kier molecular flexibility index (Phi) is 22.0. The van der Waals surface area contributed by atoms with Crippen LogP contribution in [0, 0.1) is 175 Å². The van der Waals surface area contributed by atoms with Gasteiger partial charge in [-0.2, -0.15) is 8.78 Å². The third-order valence-corrected chi connectivity index (χ3v) is 20.9. The van der Waals surface area contributed by atoms with Gasteiger partial charge in [0, 0.05) is 7.92 Å². The van der Waals surface area contributed by atoms with Gasteiger partial charge in [0.05, 0.1) is 33.9 Å². The molecule has 0 N–H and O–H groups in total. The lowest BCUT2D eigenvalue weighted by atomic mass is 9.11. The summed E-state index contributed by atoms with van der Waals surface area (Å²) in [4.78, 5) is 0. The zero-order chi connectivity index (χ0) is 72.7. The van der Waals surface area contributed by atoms with Crippen LogP contribution in [0.15, 0.2) is 0 Å². The van der Waals surface area contributed by atoms with Gasteiger partial charge in [0.1, 0.15) is 29.4 Å². The molecule has 0 amide bonds. The van der Waals surface area contributed by atoms with E-state index in [9.17, 15) is 22.0 Å². The molecule has 31 heteroatoms. The van der Waals surface area contributed by atoms with Crippen molar-refractivity contribution < 1.29 is 127 Å². The van der Waals surface area contributed by atoms with E-state index in [0.717, 1.165) is 32.1 Å². The maximum absolute atomic E-state index is 18.1. The van der Waals surface area contributed by atoms with Crippen LogP contribution in [0.1, 0.15) is 109 Å². The van der Waals surface area contributed by atoms with Crippen LogP contribution in [0.25, 0.3) is 43.1 Å². The topological polar surface area (TPSA) is 0 Å². The molecule has 0 bridgehead atoms. The second-order valence-electron chi connectivity index (χ2n) is 22.6. The second-order valence-corrected chi connectivity index (χ2v) is 25.3. The third kappa shape index (κ3) is 11.3. The van der Waals surface area contributed by atoms with Crippen molar-refractivity contribution >= 4 is 84.3 Å². The lowest BCUT2D eigenvalue weighted by molar-refractivity contribution is 0.384. The molecule has 97 heavy (non-hydrogen) atoms. The predicted octanol–water partition coefficient (Wildman–Crippen LogP) is 19.5. The largest absolute Gasteiger partial charge is 0.207 e. The molecule has 522 valence electrons. The second kappa shape index (κ2) is 28.4. The van der Waals surface area contributed by atoms with Gasteiger partial charge >= 0.3 is 0 Å². The summed E-state index contributed by atoms with van der Waals surface area (Å²) in [7, 11) is -1.82. The first-order chi connectivity index (χ1) is 45.5. The highest BCUT2D eigenvalue weighted by molar-refractivity contribution is 7.65. The third-order valence-electron chi connectivity index (χ3n) is 17.8. The molecule has 0 aliphatic rings. The van der Waals surface area contributed by atoms with Crippen LogP contribution in [0.4, 0.5) is 127 Å². The molecule has 0 spiro atoms. The Morgan fingerprint density at radius 1 is 0.237 bits per heavy atom. The summed E-state index contributed by atoms with van der Waals surface area (Å²) < 4.78 is 467.